The van der Waals surface area contributed by atoms with E-state index in [4.69, 9.17) is 9.88 Å². The average molecular weight is 306 g/mol. The quantitative estimate of drug-likeness (QED) is 0.850. The molecule has 21 heavy (non-hydrogen) atoms. The van der Waals surface area contributed by atoms with Crippen LogP contribution in [0.1, 0.15) is 11.1 Å². The van der Waals surface area contributed by atoms with Crippen LogP contribution in [-0.2, 0) is 23.1 Å². The molecule has 0 aliphatic carbocycles. The fraction of sp³-hybridized carbons (Fsp3) is 0.200. The maximum atomic E-state index is 11.3. The van der Waals surface area contributed by atoms with Gasteiger partial charge in [-0.25, -0.2) is 13.6 Å². The lowest BCUT2D eigenvalue weighted by Gasteiger charge is -2.07. The van der Waals surface area contributed by atoms with Crippen LogP contribution < -0.4 is 15.2 Å². The van der Waals surface area contributed by atoms with Gasteiger partial charge in [0, 0.05) is 13.1 Å². The molecule has 0 aromatic heterocycles. The Kier molecular flexibility index (Phi) is 4.95. The molecule has 3 N–H and O–H groups in total. The van der Waals surface area contributed by atoms with E-state index >= 15 is 0 Å². The number of sulfonamides is 1. The number of benzene rings is 2. The summed E-state index contributed by atoms with van der Waals surface area (Å²) in [6, 6.07) is 14.4. The van der Waals surface area contributed by atoms with Gasteiger partial charge in [-0.1, -0.05) is 24.3 Å². The first-order chi connectivity index (χ1) is 9.99. The fourth-order valence-electron chi connectivity index (χ4n) is 1.93. The van der Waals surface area contributed by atoms with E-state index < -0.39 is 10.0 Å². The monoisotopic (exact) mass is 306 g/mol. The molecule has 0 fully saturated rings. The fourth-order valence-corrected chi connectivity index (χ4v) is 2.51. The molecule has 0 saturated heterocycles. The normalized spacial score (nSPS) is 11.3. The topological polar surface area (TPSA) is 81.4 Å². The van der Waals surface area contributed by atoms with Crippen LogP contribution in [0.3, 0.4) is 0 Å². The Bertz CT molecular complexity index is 697. The minimum absolute atomic E-state index is 0.131. The van der Waals surface area contributed by atoms with Crippen LogP contribution in [0.15, 0.2) is 53.4 Å². The Hall–Kier alpha value is -1.89. The number of hydrogen-bond acceptors (Lipinski definition) is 4. The predicted molar refractivity (Wildman–Crippen MR) is 81.4 cm³/mol. The third-order valence-electron chi connectivity index (χ3n) is 3.04. The van der Waals surface area contributed by atoms with Crippen molar-refractivity contribution >= 4 is 10.0 Å². The second-order valence-corrected chi connectivity index (χ2v) is 6.21. The molecule has 2 aromatic rings. The Morgan fingerprint density at radius 1 is 1.05 bits per heavy atom. The summed E-state index contributed by atoms with van der Waals surface area (Å²) in [5.74, 6) is 0.819. The zero-order chi connectivity index (χ0) is 15.3. The van der Waals surface area contributed by atoms with E-state index in [1.54, 1.807) is 19.2 Å². The van der Waals surface area contributed by atoms with Crippen molar-refractivity contribution in [1.82, 2.24) is 5.32 Å². The van der Waals surface area contributed by atoms with Crippen molar-refractivity contribution in [2.24, 2.45) is 5.14 Å². The van der Waals surface area contributed by atoms with E-state index in [9.17, 15) is 8.42 Å². The zero-order valence-corrected chi connectivity index (χ0v) is 12.6. The molecule has 5 nitrogen and oxygen atoms in total. The lowest BCUT2D eigenvalue weighted by molar-refractivity contribution is 0.414. The number of primary sulfonamides is 1. The van der Waals surface area contributed by atoms with Gasteiger partial charge in [-0.05, 0) is 35.4 Å². The minimum atomic E-state index is -3.65. The highest BCUT2D eigenvalue weighted by atomic mass is 32.2. The third kappa shape index (κ3) is 4.56. The van der Waals surface area contributed by atoms with E-state index in [0.29, 0.717) is 13.1 Å². The van der Waals surface area contributed by atoms with Crippen LogP contribution in [-0.4, -0.2) is 15.5 Å². The van der Waals surface area contributed by atoms with Gasteiger partial charge in [-0.15, -0.1) is 0 Å². The van der Waals surface area contributed by atoms with Gasteiger partial charge in [0.1, 0.15) is 5.75 Å². The molecule has 0 bridgehead atoms. The van der Waals surface area contributed by atoms with Gasteiger partial charge in [0.05, 0.1) is 12.0 Å². The Balaban J connectivity index is 1.94. The summed E-state index contributed by atoms with van der Waals surface area (Å²) >= 11 is 0. The summed E-state index contributed by atoms with van der Waals surface area (Å²) in [6.45, 7) is 1.25. The smallest absolute Gasteiger partial charge is 0.238 e. The molecule has 0 atom stereocenters. The number of nitrogens with one attached hydrogen (secondary N) is 1. The summed E-state index contributed by atoms with van der Waals surface area (Å²) in [5, 5.41) is 8.37. The van der Waals surface area contributed by atoms with Crippen LogP contribution in [0.4, 0.5) is 0 Å². The van der Waals surface area contributed by atoms with E-state index in [1.807, 2.05) is 30.3 Å². The van der Waals surface area contributed by atoms with E-state index in [-0.39, 0.29) is 4.90 Å². The highest BCUT2D eigenvalue weighted by Gasteiger charge is 2.07. The van der Waals surface area contributed by atoms with Gasteiger partial charge in [-0.2, -0.15) is 0 Å². The van der Waals surface area contributed by atoms with Crippen LogP contribution in [0.25, 0.3) is 0 Å². The van der Waals surface area contributed by atoms with Gasteiger partial charge in [-0.3, -0.25) is 0 Å². The zero-order valence-electron chi connectivity index (χ0n) is 11.7. The maximum absolute atomic E-state index is 11.3. The van der Waals surface area contributed by atoms with Crippen molar-refractivity contribution in [1.29, 1.82) is 0 Å². The molecule has 112 valence electrons. The molecule has 0 spiro atoms. The first kappa shape index (κ1) is 15.5. The predicted octanol–water partition coefficient (Wildman–Crippen LogP) is 1.63. The highest BCUT2D eigenvalue weighted by molar-refractivity contribution is 7.89. The van der Waals surface area contributed by atoms with Crippen molar-refractivity contribution < 1.29 is 13.2 Å². The number of rotatable bonds is 6. The van der Waals surface area contributed by atoms with E-state index in [0.717, 1.165) is 16.9 Å². The van der Waals surface area contributed by atoms with Gasteiger partial charge in [0.15, 0.2) is 0 Å². The van der Waals surface area contributed by atoms with Crippen molar-refractivity contribution in [3.8, 4) is 5.75 Å². The molecule has 0 aliphatic heterocycles. The lowest BCUT2D eigenvalue weighted by atomic mass is 10.2. The number of hydrogen-bond donors (Lipinski definition) is 2. The molecule has 0 amide bonds. The number of ether oxygens (including phenoxy) is 1. The van der Waals surface area contributed by atoms with Gasteiger partial charge in [0.2, 0.25) is 10.0 Å². The van der Waals surface area contributed by atoms with Crippen LogP contribution in [0.5, 0.6) is 5.75 Å². The van der Waals surface area contributed by atoms with Crippen LogP contribution >= 0.6 is 0 Å². The molecular weight excluding hydrogens is 288 g/mol. The molecule has 0 radical (unpaired) electrons. The highest BCUT2D eigenvalue weighted by Crippen LogP contribution is 2.12. The maximum Gasteiger partial charge on any atom is 0.238 e. The SMILES string of the molecule is COc1ccc(CNCc2cccc(S(N)(=O)=O)c2)cc1. The van der Waals surface area contributed by atoms with E-state index in [2.05, 4.69) is 5.32 Å². The molecule has 6 heteroatoms. The largest absolute Gasteiger partial charge is 0.497 e. The number of nitrogens with two attached hydrogens (primary N) is 1. The summed E-state index contributed by atoms with van der Waals surface area (Å²) in [5.41, 5.74) is 1.99. The second kappa shape index (κ2) is 6.71. The molecule has 0 saturated carbocycles. The molecule has 0 aliphatic rings. The summed E-state index contributed by atoms with van der Waals surface area (Å²) < 4.78 is 27.7. The third-order valence-corrected chi connectivity index (χ3v) is 3.96. The first-order valence-electron chi connectivity index (χ1n) is 6.44. The van der Waals surface area contributed by atoms with Gasteiger partial charge >= 0.3 is 0 Å². The average Bonchev–Trinajstić information content (AvgIpc) is 2.47. The molecule has 0 unspecified atom stereocenters. The summed E-state index contributed by atoms with van der Waals surface area (Å²) in [6.07, 6.45) is 0. The Labute approximate surface area is 124 Å². The lowest BCUT2D eigenvalue weighted by Crippen LogP contribution is -2.15. The van der Waals surface area contributed by atoms with Gasteiger partial charge < -0.3 is 10.1 Å². The van der Waals surface area contributed by atoms with Crippen molar-refractivity contribution in [2.45, 2.75) is 18.0 Å². The van der Waals surface area contributed by atoms with Crippen molar-refractivity contribution in [3.05, 3.63) is 59.7 Å². The van der Waals surface area contributed by atoms with Gasteiger partial charge in [0.25, 0.3) is 0 Å². The second-order valence-electron chi connectivity index (χ2n) is 4.64. The standard InChI is InChI=1S/C15H18N2O3S/c1-20-14-7-5-12(6-8-14)10-17-11-13-3-2-4-15(9-13)21(16,18)19/h2-9,17H,10-11H2,1H3,(H2,16,18,19). The number of methoxy groups -OCH3 is 1. The molecule has 0 heterocycles. The van der Waals surface area contributed by atoms with E-state index in [1.165, 1.54) is 6.07 Å². The minimum Gasteiger partial charge on any atom is -0.497 e. The first-order valence-corrected chi connectivity index (χ1v) is 7.99. The molecule has 2 rings (SSSR count). The Morgan fingerprint density at radius 2 is 1.71 bits per heavy atom. The van der Waals surface area contributed by atoms with Crippen molar-refractivity contribution in [2.75, 3.05) is 7.11 Å². The molecule has 2 aromatic carbocycles. The summed E-state index contributed by atoms with van der Waals surface area (Å²) in [7, 11) is -2.02. The molecular formula is C15H18N2O3S. The van der Waals surface area contributed by atoms with Crippen LogP contribution in [0.2, 0.25) is 0 Å². The summed E-state index contributed by atoms with van der Waals surface area (Å²) in [4.78, 5) is 0.131. The Morgan fingerprint density at radius 3 is 2.33 bits per heavy atom. The van der Waals surface area contributed by atoms with Crippen molar-refractivity contribution in [3.63, 3.8) is 0 Å². The van der Waals surface area contributed by atoms with Crippen LogP contribution in [0, 0.1) is 0 Å².